The summed E-state index contributed by atoms with van der Waals surface area (Å²) >= 11 is 1.61. The van der Waals surface area contributed by atoms with Crippen LogP contribution in [0.2, 0.25) is 0 Å². The predicted octanol–water partition coefficient (Wildman–Crippen LogP) is 1.32. The second-order valence-corrected chi connectivity index (χ2v) is 4.26. The fraction of sp³-hybridized carbons (Fsp3) is 0.556. The number of rotatable bonds is 1. The molecule has 4 heteroatoms. The minimum atomic E-state index is 0.257. The Kier molecular flexibility index (Phi) is 2.68. The summed E-state index contributed by atoms with van der Waals surface area (Å²) in [4.78, 5) is 16.5. The molecule has 0 radical (unpaired) electrons. The van der Waals surface area contributed by atoms with Crippen molar-refractivity contribution in [3.8, 4) is 0 Å². The van der Waals surface area contributed by atoms with Gasteiger partial charge in [-0.2, -0.15) is 0 Å². The fourth-order valence-corrected chi connectivity index (χ4v) is 2.43. The smallest absolute Gasteiger partial charge is 0.161 e. The van der Waals surface area contributed by atoms with E-state index < -0.39 is 0 Å². The molecule has 1 aliphatic carbocycles. The zero-order chi connectivity index (χ0) is 9.10. The Morgan fingerprint density at radius 3 is 3.08 bits per heavy atom. The van der Waals surface area contributed by atoms with E-state index in [2.05, 4.69) is 10.3 Å². The molecular formula is C9H12N2OS. The Balaban J connectivity index is 1.96. The van der Waals surface area contributed by atoms with Gasteiger partial charge in [-0.15, -0.1) is 0 Å². The first-order valence-electron chi connectivity index (χ1n) is 4.54. The normalized spacial score (nSPS) is 22.3. The number of aliphatic imine (C=N–C) groups is 1. The van der Waals surface area contributed by atoms with Crippen LogP contribution in [0.4, 0.5) is 0 Å². The van der Waals surface area contributed by atoms with Gasteiger partial charge >= 0.3 is 0 Å². The Labute approximate surface area is 81.7 Å². The molecular weight excluding hydrogens is 184 g/mol. The highest BCUT2D eigenvalue weighted by atomic mass is 32.2. The summed E-state index contributed by atoms with van der Waals surface area (Å²) in [5.41, 5.74) is 0. The standard InChI is InChI=1S/C9H12N2OS/c12-7-2-1-3-8(6-7)13-9-10-4-5-11-9/h6H,1-5H2,(H,10,11). The van der Waals surface area contributed by atoms with Gasteiger partial charge in [0, 0.05) is 13.0 Å². The highest BCUT2D eigenvalue weighted by molar-refractivity contribution is 8.17. The number of carbonyl (C=O) groups is 1. The molecule has 0 amide bonds. The first-order valence-corrected chi connectivity index (χ1v) is 5.36. The van der Waals surface area contributed by atoms with Crippen LogP contribution < -0.4 is 5.32 Å². The summed E-state index contributed by atoms with van der Waals surface area (Å²) in [7, 11) is 0. The number of allylic oxidation sites excluding steroid dienone is 2. The molecule has 0 bridgehead atoms. The van der Waals surface area contributed by atoms with Crippen LogP contribution in [0.15, 0.2) is 16.0 Å². The van der Waals surface area contributed by atoms with Crippen LogP contribution in [0, 0.1) is 0 Å². The highest BCUT2D eigenvalue weighted by Crippen LogP contribution is 2.26. The van der Waals surface area contributed by atoms with Crippen LogP contribution in [0.1, 0.15) is 19.3 Å². The minimum Gasteiger partial charge on any atom is -0.363 e. The van der Waals surface area contributed by atoms with E-state index in [4.69, 9.17) is 0 Å². The second-order valence-electron chi connectivity index (χ2n) is 3.15. The Morgan fingerprint density at radius 2 is 2.38 bits per heavy atom. The number of ketones is 1. The maximum Gasteiger partial charge on any atom is 0.161 e. The third-order valence-electron chi connectivity index (χ3n) is 2.04. The van der Waals surface area contributed by atoms with Crippen molar-refractivity contribution in [2.24, 2.45) is 4.99 Å². The van der Waals surface area contributed by atoms with Gasteiger partial charge in [0.05, 0.1) is 6.54 Å². The lowest BCUT2D eigenvalue weighted by atomic mass is 10.1. The molecule has 1 heterocycles. The van der Waals surface area contributed by atoms with E-state index in [0.29, 0.717) is 6.42 Å². The van der Waals surface area contributed by atoms with Crippen molar-refractivity contribution in [3.05, 3.63) is 11.0 Å². The lowest BCUT2D eigenvalue weighted by Gasteiger charge is -2.10. The molecule has 2 rings (SSSR count). The topological polar surface area (TPSA) is 41.5 Å². The molecule has 0 unspecified atom stereocenters. The van der Waals surface area contributed by atoms with Crippen molar-refractivity contribution in [2.45, 2.75) is 19.3 Å². The number of nitrogens with one attached hydrogen (secondary N) is 1. The summed E-state index contributed by atoms with van der Waals surface area (Å²) < 4.78 is 0. The van der Waals surface area contributed by atoms with Gasteiger partial charge in [0.15, 0.2) is 11.0 Å². The number of thioether (sulfide) groups is 1. The molecule has 13 heavy (non-hydrogen) atoms. The first-order chi connectivity index (χ1) is 6.34. The molecule has 0 saturated carbocycles. The predicted molar refractivity (Wildman–Crippen MR) is 54.8 cm³/mol. The Bertz CT molecular complexity index is 283. The summed E-state index contributed by atoms with van der Waals surface area (Å²) in [6, 6.07) is 0. The van der Waals surface area contributed by atoms with Gasteiger partial charge in [-0.3, -0.25) is 9.79 Å². The van der Waals surface area contributed by atoms with E-state index in [0.717, 1.165) is 36.0 Å². The number of carbonyl (C=O) groups excluding carboxylic acids is 1. The van der Waals surface area contributed by atoms with Gasteiger partial charge in [-0.25, -0.2) is 0 Å². The summed E-state index contributed by atoms with van der Waals surface area (Å²) in [5, 5.41) is 4.15. The van der Waals surface area contributed by atoms with E-state index in [1.807, 2.05) is 0 Å². The third kappa shape index (κ3) is 2.34. The van der Waals surface area contributed by atoms with Gasteiger partial charge in [-0.05, 0) is 23.8 Å². The average molecular weight is 196 g/mol. The second kappa shape index (κ2) is 3.96. The Morgan fingerprint density at radius 1 is 1.46 bits per heavy atom. The number of amidine groups is 1. The van der Waals surface area contributed by atoms with Crippen LogP contribution in [-0.4, -0.2) is 24.0 Å². The van der Waals surface area contributed by atoms with Crippen molar-refractivity contribution >= 4 is 22.7 Å². The van der Waals surface area contributed by atoms with Gasteiger partial charge in [0.2, 0.25) is 0 Å². The monoisotopic (exact) mass is 196 g/mol. The number of hydrogen-bond acceptors (Lipinski definition) is 4. The molecule has 1 aliphatic heterocycles. The SMILES string of the molecule is O=C1C=C(SC2=NCCN2)CCC1. The van der Waals surface area contributed by atoms with Crippen molar-refractivity contribution in [2.75, 3.05) is 13.1 Å². The number of nitrogens with zero attached hydrogens (tertiary/aromatic N) is 1. The van der Waals surface area contributed by atoms with Gasteiger partial charge in [0.25, 0.3) is 0 Å². The van der Waals surface area contributed by atoms with Crippen LogP contribution in [0.5, 0.6) is 0 Å². The summed E-state index contributed by atoms with van der Waals surface area (Å²) in [6.45, 7) is 1.80. The molecule has 0 spiro atoms. The van der Waals surface area contributed by atoms with Crippen molar-refractivity contribution in [1.82, 2.24) is 5.32 Å². The molecule has 0 saturated heterocycles. The third-order valence-corrected chi connectivity index (χ3v) is 3.09. The van der Waals surface area contributed by atoms with Gasteiger partial charge in [-0.1, -0.05) is 11.8 Å². The van der Waals surface area contributed by atoms with Crippen LogP contribution in [-0.2, 0) is 4.79 Å². The molecule has 1 N–H and O–H groups in total. The Hall–Kier alpha value is -0.770. The zero-order valence-corrected chi connectivity index (χ0v) is 8.19. The largest absolute Gasteiger partial charge is 0.363 e. The molecule has 0 atom stereocenters. The van der Waals surface area contributed by atoms with Crippen LogP contribution in [0.25, 0.3) is 0 Å². The van der Waals surface area contributed by atoms with Gasteiger partial charge < -0.3 is 5.32 Å². The van der Waals surface area contributed by atoms with Crippen LogP contribution in [0.3, 0.4) is 0 Å². The maximum atomic E-state index is 11.1. The van der Waals surface area contributed by atoms with E-state index in [1.54, 1.807) is 17.8 Å². The maximum absolute atomic E-state index is 11.1. The summed E-state index contributed by atoms with van der Waals surface area (Å²) in [6.07, 6.45) is 4.49. The van der Waals surface area contributed by atoms with E-state index in [-0.39, 0.29) is 5.78 Å². The van der Waals surface area contributed by atoms with E-state index in [9.17, 15) is 4.79 Å². The fourth-order valence-electron chi connectivity index (χ4n) is 1.41. The van der Waals surface area contributed by atoms with Crippen molar-refractivity contribution in [1.29, 1.82) is 0 Å². The quantitative estimate of drug-likeness (QED) is 0.687. The summed E-state index contributed by atoms with van der Waals surface area (Å²) in [5.74, 6) is 0.257. The van der Waals surface area contributed by atoms with Crippen molar-refractivity contribution in [3.63, 3.8) is 0 Å². The van der Waals surface area contributed by atoms with E-state index in [1.165, 1.54) is 0 Å². The number of hydrogen-bond donors (Lipinski definition) is 1. The van der Waals surface area contributed by atoms with Crippen molar-refractivity contribution < 1.29 is 4.79 Å². The zero-order valence-electron chi connectivity index (χ0n) is 7.38. The minimum absolute atomic E-state index is 0.257. The first kappa shape index (κ1) is 8.81. The molecule has 0 aromatic carbocycles. The van der Waals surface area contributed by atoms with E-state index >= 15 is 0 Å². The van der Waals surface area contributed by atoms with Gasteiger partial charge in [0.1, 0.15) is 0 Å². The lowest BCUT2D eigenvalue weighted by molar-refractivity contribution is -0.114. The molecule has 0 aromatic rings. The molecule has 2 aliphatic rings. The molecule has 70 valence electrons. The molecule has 0 aromatic heterocycles. The average Bonchev–Trinajstić information content (AvgIpc) is 2.57. The molecule has 3 nitrogen and oxygen atoms in total. The molecule has 0 fully saturated rings. The highest BCUT2D eigenvalue weighted by Gasteiger charge is 2.14. The van der Waals surface area contributed by atoms with Crippen LogP contribution >= 0.6 is 11.8 Å². The lowest BCUT2D eigenvalue weighted by Crippen LogP contribution is -2.15.